The number of nitrogens with zero attached hydrogens (tertiary/aromatic N) is 4. The van der Waals surface area contributed by atoms with E-state index < -0.39 is 10.5 Å². The number of benzene rings is 2. The Balaban J connectivity index is 2.04. The first kappa shape index (κ1) is 24.2. The topological polar surface area (TPSA) is 121 Å². The predicted octanol–water partition coefficient (Wildman–Crippen LogP) is 4.78. The molecule has 0 fully saturated rings. The second kappa shape index (κ2) is 9.77. The Morgan fingerprint density at radius 1 is 1.11 bits per heavy atom. The second-order valence-electron chi connectivity index (χ2n) is 7.38. The smallest absolute Gasteiger partial charge is 0.269 e. The second-order valence-corrected chi connectivity index (χ2v) is 8.14. The summed E-state index contributed by atoms with van der Waals surface area (Å²) < 4.78 is 12.1. The molecule has 0 aliphatic carbocycles. The first-order chi connectivity index (χ1) is 16.8. The van der Waals surface area contributed by atoms with Crippen molar-refractivity contribution in [2.45, 2.75) is 6.54 Å². The van der Waals surface area contributed by atoms with Gasteiger partial charge in [-0.2, -0.15) is 4.98 Å². The van der Waals surface area contributed by atoms with Gasteiger partial charge in [0.2, 0.25) is 5.95 Å². The summed E-state index contributed by atoms with van der Waals surface area (Å²) in [7, 11) is 4.53. The quantitative estimate of drug-likeness (QED) is 0.275. The fourth-order valence-corrected chi connectivity index (χ4v) is 4.38. The molecule has 0 radical (unpaired) electrons. The van der Waals surface area contributed by atoms with Crippen LogP contribution in [0.25, 0.3) is 22.2 Å². The zero-order chi connectivity index (χ0) is 25.3. The molecular formula is C23H19Cl2N5O5. The van der Waals surface area contributed by atoms with E-state index in [2.05, 4.69) is 15.3 Å². The monoisotopic (exact) mass is 515 g/mol. The van der Waals surface area contributed by atoms with Crippen LogP contribution in [0.4, 0.5) is 11.6 Å². The molecule has 0 aliphatic rings. The van der Waals surface area contributed by atoms with Crippen LogP contribution >= 0.6 is 23.2 Å². The van der Waals surface area contributed by atoms with E-state index in [1.807, 2.05) is 0 Å². The number of nitrogens with one attached hydrogen (secondary N) is 1. The molecule has 0 aliphatic heterocycles. The summed E-state index contributed by atoms with van der Waals surface area (Å²) >= 11 is 13.2. The maximum atomic E-state index is 13.9. The van der Waals surface area contributed by atoms with Crippen molar-refractivity contribution in [3.8, 4) is 22.6 Å². The molecule has 0 saturated carbocycles. The highest BCUT2D eigenvalue weighted by atomic mass is 35.5. The van der Waals surface area contributed by atoms with Gasteiger partial charge in [0.05, 0.1) is 41.3 Å². The maximum absolute atomic E-state index is 13.9. The standard InChI is InChI=1S/C23H19Cl2N5O5/c1-26-23-27-10-13-8-15(18-19(24)16(34-2)9-17(35-3)20(18)25)22(31)29(21(13)28-23)11-12-5-4-6-14(7-12)30(32)33/h4-10H,11H2,1-3H3,(H,26,27,28). The Bertz CT molecular complexity index is 1490. The molecule has 2 heterocycles. The molecule has 0 atom stereocenters. The molecule has 0 unspecified atom stereocenters. The maximum Gasteiger partial charge on any atom is 0.269 e. The summed E-state index contributed by atoms with van der Waals surface area (Å²) in [5.41, 5.74) is 0.684. The minimum absolute atomic E-state index is 0.00135. The number of anilines is 1. The van der Waals surface area contributed by atoms with Crippen molar-refractivity contribution in [3.63, 3.8) is 0 Å². The third kappa shape index (κ3) is 4.45. The molecule has 2 aromatic carbocycles. The lowest BCUT2D eigenvalue weighted by molar-refractivity contribution is -0.384. The molecule has 0 spiro atoms. The highest BCUT2D eigenvalue weighted by molar-refractivity contribution is 6.41. The highest BCUT2D eigenvalue weighted by Crippen LogP contribution is 2.45. The van der Waals surface area contributed by atoms with Crippen LogP contribution in [0.1, 0.15) is 5.56 Å². The Morgan fingerprint density at radius 2 is 1.80 bits per heavy atom. The largest absolute Gasteiger partial charge is 0.495 e. The van der Waals surface area contributed by atoms with E-state index in [1.165, 1.54) is 37.0 Å². The van der Waals surface area contributed by atoms with Gasteiger partial charge < -0.3 is 14.8 Å². The molecule has 35 heavy (non-hydrogen) atoms. The third-order valence-corrected chi connectivity index (χ3v) is 6.11. The summed E-state index contributed by atoms with van der Waals surface area (Å²) in [5.74, 6) is 0.848. The summed E-state index contributed by atoms with van der Waals surface area (Å²) in [6.45, 7) is 0.00135. The number of hydrogen-bond acceptors (Lipinski definition) is 8. The average molecular weight is 516 g/mol. The normalized spacial score (nSPS) is 10.9. The molecule has 1 N–H and O–H groups in total. The van der Waals surface area contributed by atoms with Crippen LogP contribution in [0.3, 0.4) is 0 Å². The van der Waals surface area contributed by atoms with Crippen molar-refractivity contribution in [2.75, 3.05) is 26.6 Å². The molecule has 4 rings (SSSR count). The van der Waals surface area contributed by atoms with Crippen LogP contribution < -0.4 is 20.3 Å². The SMILES string of the molecule is CNc1ncc2cc(-c3c(Cl)c(OC)cc(OC)c3Cl)c(=O)n(Cc3cccc([N+](=O)[O-])c3)c2n1. The highest BCUT2D eigenvalue weighted by Gasteiger charge is 2.23. The van der Waals surface area contributed by atoms with Crippen LogP contribution in [0.2, 0.25) is 10.0 Å². The lowest BCUT2D eigenvalue weighted by Crippen LogP contribution is -2.24. The molecule has 180 valence electrons. The number of aromatic nitrogens is 3. The average Bonchev–Trinajstić information content (AvgIpc) is 2.86. The van der Waals surface area contributed by atoms with Gasteiger partial charge in [-0.15, -0.1) is 0 Å². The van der Waals surface area contributed by atoms with E-state index in [0.29, 0.717) is 22.5 Å². The number of ether oxygens (including phenoxy) is 2. The van der Waals surface area contributed by atoms with E-state index in [1.54, 1.807) is 31.4 Å². The molecule has 0 saturated heterocycles. The first-order valence-electron chi connectivity index (χ1n) is 10.2. The van der Waals surface area contributed by atoms with E-state index in [-0.39, 0.29) is 44.9 Å². The zero-order valence-corrected chi connectivity index (χ0v) is 20.3. The zero-order valence-electron chi connectivity index (χ0n) is 18.8. The number of fused-ring (bicyclic) bond motifs is 1. The molecule has 12 heteroatoms. The molecule has 0 bridgehead atoms. The van der Waals surface area contributed by atoms with Crippen molar-refractivity contribution < 1.29 is 14.4 Å². The summed E-state index contributed by atoms with van der Waals surface area (Å²) in [6, 6.07) is 9.14. The Morgan fingerprint density at radius 3 is 2.40 bits per heavy atom. The summed E-state index contributed by atoms with van der Waals surface area (Å²) in [5, 5.41) is 14.9. The molecule has 10 nitrogen and oxygen atoms in total. The van der Waals surface area contributed by atoms with Gasteiger partial charge in [-0.3, -0.25) is 19.5 Å². The number of pyridine rings is 1. The molecule has 4 aromatic rings. The van der Waals surface area contributed by atoms with E-state index in [0.717, 1.165) is 0 Å². The minimum atomic E-state index is -0.496. The number of hydrogen-bond donors (Lipinski definition) is 1. The van der Waals surface area contributed by atoms with Crippen molar-refractivity contribution in [1.82, 2.24) is 14.5 Å². The van der Waals surface area contributed by atoms with Gasteiger partial charge in [0.15, 0.2) is 0 Å². The Labute approximate surface area is 209 Å². The van der Waals surface area contributed by atoms with Crippen molar-refractivity contribution >= 4 is 45.9 Å². The van der Waals surface area contributed by atoms with Crippen molar-refractivity contribution in [3.05, 3.63) is 78.7 Å². The van der Waals surface area contributed by atoms with Gasteiger partial charge in [-0.05, 0) is 11.6 Å². The van der Waals surface area contributed by atoms with Crippen LogP contribution in [0, 0.1) is 10.1 Å². The Hall–Kier alpha value is -3.89. The van der Waals surface area contributed by atoms with Gasteiger partial charge in [0, 0.05) is 42.4 Å². The van der Waals surface area contributed by atoms with E-state index in [4.69, 9.17) is 32.7 Å². The summed E-state index contributed by atoms with van der Waals surface area (Å²) in [4.78, 5) is 33.3. The molecule has 0 amide bonds. The van der Waals surface area contributed by atoms with Gasteiger partial charge in [-0.25, -0.2) is 4.98 Å². The van der Waals surface area contributed by atoms with Crippen LogP contribution in [-0.2, 0) is 6.54 Å². The minimum Gasteiger partial charge on any atom is -0.495 e. The number of rotatable bonds is 7. The van der Waals surface area contributed by atoms with Gasteiger partial charge >= 0.3 is 0 Å². The number of methoxy groups -OCH3 is 2. The first-order valence-corrected chi connectivity index (χ1v) is 11.0. The summed E-state index contributed by atoms with van der Waals surface area (Å²) in [6.07, 6.45) is 1.56. The number of non-ortho nitro benzene ring substituents is 1. The molecule has 2 aromatic heterocycles. The number of nitro benzene ring substituents is 1. The van der Waals surface area contributed by atoms with Gasteiger partial charge in [-0.1, -0.05) is 35.3 Å². The Kier molecular flexibility index (Phi) is 6.77. The predicted molar refractivity (Wildman–Crippen MR) is 134 cm³/mol. The molecular weight excluding hydrogens is 497 g/mol. The fraction of sp³-hybridized carbons (Fsp3) is 0.174. The van der Waals surface area contributed by atoms with Crippen molar-refractivity contribution in [2.24, 2.45) is 0 Å². The van der Waals surface area contributed by atoms with E-state index in [9.17, 15) is 14.9 Å². The van der Waals surface area contributed by atoms with Crippen LogP contribution in [-0.4, -0.2) is 40.7 Å². The van der Waals surface area contributed by atoms with Crippen LogP contribution in [0.15, 0.2) is 47.4 Å². The lowest BCUT2D eigenvalue weighted by atomic mass is 10.0. The van der Waals surface area contributed by atoms with Gasteiger partial charge in [0.1, 0.15) is 17.1 Å². The van der Waals surface area contributed by atoms with Crippen LogP contribution in [0.5, 0.6) is 11.5 Å². The third-order valence-electron chi connectivity index (χ3n) is 5.36. The van der Waals surface area contributed by atoms with E-state index >= 15 is 0 Å². The van der Waals surface area contributed by atoms with Gasteiger partial charge in [0.25, 0.3) is 11.2 Å². The van der Waals surface area contributed by atoms with Crippen molar-refractivity contribution in [1.29, 1.82) is 0 Å². The number of halogens is 2. The lowest BCUT2D eigenvalue weighted by Gasteiger charge is -2.17. The fourth-order valence-electron chi connectivity index (χ4n) is 3.68. The number of nitro groups is 1.